The molecule has 0 unspecified atom stereocenters. The first kappa shape index (κ1) is 13.0. The molecule has 0 spiro atoms. The van der Waals surface area contributed by atoms with Gasteiger partial charge in [0.25, 0.3) is 0 Å². The summed E-state index contributed by atoms with van der Waals surface area (Å²) >= 11 is 1.69. The molecular formula is C17H19N3S. The number of rotatable bonds is 2. The van der Waals surface area contributed by atoms with Crippen LogP contribution in [0.5, 0.6) is 0 Å². The van der Waals surface area contributed by atoms with E-state index in [9.17, 15) is 0 Å². The molecule has 2 N–H and O–H groups in total. The normalized spacial score (nSPS) is 14.6. The first-order valence-electron chi connectivity index (χ1n) is 7.55. The molecule has 108 valence electrons. The van der Waals surface area contributed by atoms with Crippen molar-refractivity contribution in [2.24, 2.45) is 5.73 Å². The standard InChI is InChI=1S/C17H19N3S/c1-11-15(9-18)20-16(10-21-17(20)19-11)14-7-6-12-4-2-3-5-13(12)8-14/h6-8,10H,2-5,9,18H2,1H3. The molecule has 0 saturated heterocycles. The summed E-state index contributed by atoms with van der Waals surface area (Å²) in [7, 11) is 0. The predicted molar refractivity (Wildman–Crippen MR) is 87.8 cm³/mol. The molecule has 0 amide bonds. The Bertz CT molecular complexity index is 813. The number of aryl methyl sites for hydroxylation is 3. The maximum Gasteiger partial charge on any atom is 0.194 e. The maximum absolute atomic E-state index is 5.92. The molecule has 0 saturated carbocycles. The molecule has 1 aliphatic carbocycles. The van der Waals surface area contributed by atoms with Gasteiger partial charge in [0, 0.05) is 11.9 Å². The molecule has 3 nitrogen and oxygen atoms in total. The van der Waals surface area contributed by atoms with Crippen molar-refractivity contribution in [3.05, 3.63) is 46.1 Å². The van der Waals surface area contributed by atoms with Crippen LogP contribution < -0.4 is 5.73 Å². The van der Waals surface area contributed by atoms with Crippen LogP contribution in [0.2, 0.25) is 0 Å². The van der Waals surface area contributed by atoms with Crippen molar-refractivity contribution in [2.75, 3.05) is 0 Å². The Morgan fingerprint density at radius 3 is 2.86 bits per heavy atom. The lowest BCUT2D eigenvalue weighted by Gasteiger charge is -2.16. The zero-order chi connectivity index (χ0) is 14.4. The summed E-state index contributed by atoms with van der Waals surface area (Å²) in [6, 6.07) is 6.92. The van der Waals surface area contributed by atoms with Gasteiger partial charge in [0.15, 0.2) is 4.96 Å². The van der Waals surface area contributed by atoms with Gasteiger partial charge in [0.05, 0.1) is 17.1 Å². The molecular weight excluding hydrogens is 278 g/mol. The predicted octanol–water partition coefficient (Wildman–Crippen LogP) is 3.71. The van der Waals surface area contributed by atoms with Crippen molar-refractivity contribution in [2.45, 2.75) is 39.2 Å². The highest BCUT2D eigenvalue weighted by Crippen LogP contribution is 2.31. The number of aromatic nitrogens is 2. The smallest absolute Gasteiger partial charge is 0.194 e. The van der Waals surface area contributed by atoms with Gasteiger partial charge in [-0.25, -0.2) is 4.98 Å². The van der Waals surface area contributed by atoms with Crippen LogP contribution in [-0.2, 0) is 19.4 Å². The van der Waals surface area contributed by atoms with Crippen molar-refractivity contribution in [1.82, 2.24) is 9.38 Å². The maximum atomic E-state index is 5.92. The Kier molecular flexibility index (Phi) is 3.08. The number of hydrogen-bond acceptors (Lipinski definition) is 3. The SMILES string of the molecule is Cc1nc2scc(-c3ccc4c(c3)CCCC4)n2c1CN. The van der Waals surface area contributed by atoms with E-state index in [2.05, 4.69) is 33.0 Å². The second kappa shape index (κ2) is 4.97. The summed E-state index contributed by atoms with van der Waals surface area (Å²) in [6.07, 6.45) is 5.08. The highest BCUT2D eigenvalue weighted by atomic mass is 32.1. The highest BCUT2D eigenvalue weighted by molar-refractivity contribution is 7.15. The molecule has 0 bridgehead atoms. The van der Waals surface area contributed by atoms with Crippen LogP contribution in [0.4, 0.5) is 0 Å². The zero-order valence-corrected chi connectivity index (χ0v) is 13.0. The molecule has 3 aromatic rings. The van der Waals surface area contributed by atoms with Gasteiger partial charge in [-0.1, -0.05) is 12.1 Å². The van der Waals surface area contributed by atoms with Crippen LogP contribution in [0.25, 0.3) is 16.2 Å². The fourth-order valence-corrected chi connectivity index (χ4v) is 4.31. The zero-order valence-electron chi connectivity index (χ0n) is 12.2. The average Bonchev–Trinajstić information content (AvgIpc) is 3.04. The molecule has 0 fully saturated rings. The summed E-state index contributed by atoms with van der Waals surface area (Å²) in [5.41, 5.74) is 13.6. The average molecular weight is 297 g/mol. The van der Waals surface area contributed by atoms with Crippen LogP contribution in [-0.4, -0.2) is 9.38 Å². The van der Waals surface area contributed by atoms with E-state index in [4.69, 9.17) is 5.73 Å². The lowest BCUT2D eigenvalue weighted by Crippen LogP contribution is -2.04. The van der Waals surface area contributed by atoms with Gasteiger partial charge < -0.3 is 5.73 Å². The van der Waals surface area contributed by atoms with E-state index >= 15 is 0 Å². The fourth-order valence-electron chi connectivity index (χ4n) is 3.35. The van der Waals surface area contributed by atoms with Crippen LogP contribution >= 0.6 is 11.3 Å². The van der Waals surface area contributed by atoms with Crippen molar-refractivity contribution in [1.29, 1.82) is 0 Å². The number of imidazole rings is 1. The highest BCUT2D eigenvalue weighted by Gasteiger charge is 2.16. The molecule has 0 aliphatic heterocycles. The molecule has 1 aromatic carbocycles. The van der Waals surface area contributed by atoms with E-state index in [1.54, 1.807) is 11.3 Å². The third-order valence-corrected chi connectivity index (χ3v) is 5.32. The van der Waals surface area contributed by atoms with Gasteiger partial charge in [0.1, 0.15) is 0 Å². The van der Waals surface area contributed by atoms with Crippen LogP contribution in [0.3, 0.4) is 0 Å². The summed E-state index contributed by atoms with van der Waals surface area (Å²) in [4.78, 5) is 5.66. The van der Waals surface area contributed by atoms with E-state index in [0.29, 0.717) is 6.54 Å². The van der Waals surface area contributed by atoms with E-state index in [-0.39, 0.29) is 0 Å². The first-order chi connectivity index (χ1) is 10.3. The van der Waals surface area contributed by atoms with E-state index in [1.807, 2.05) is 6.92 Å². The Labute approximate surface area is 128 Å². The van der Waals surface area contributed by atoms with Crippen molar-refractivity contribution >= 4 is 16.3 Å². The molecule has 2 heterocycles. The number of benzene rings is 1. The van der Waals surface area contributed by atoms with E-state index in [1.165, 1.54) is 48.1 Å². The molecule has 2 aromatic heterocycles. The Morgan fingerprint density at radius 1 is 1.24 bits per heavy atom. The van der Waals surface area contributed by atoms with Gasteiger partial charge >= 0.3 is 0 Å². The molecule has 0 atom stereocenters. The van der Waals surface area contributed by atoms with Crippen molar-refractivity contribution in [3.8, 4) is 11.3 Å². The quantitative estimate of drug-likeness (QED) is 0.783. The molecule has 0 radical (unpaired) electrons. The second-order valence-electron chi connectivity index (χ2n) is 5.78. The van der Waals surface area contributed by atoms with Gasteiger partial charge in [-0.15, -0.1) is 11.3 Å². The number of nitrogens with zero attached hydrogens (tertiary/aromatic N) is 2. The molecule has 1 aliphatic rings. The van der Waals surface area contributed by atoms with Crippen LogP contribution in [0, 0.1) is 6.92 Å². The lowest BCUT2D eigenvalue weighted by molar-refractivity contribution is 0.686. The number of fused-ring (bicyclic) bond motifs is 2. The van der Waals surface area contributed by atoms with Gasteiger partial charge in [-0.05, 0) is 55.4 Å². The Balaban J connectivity index is 1.90. The number of hydrogen-bond donors (Lipinski definition) is 1. The minimum absolute atomic E-state index is 0.529. The third-order valence-electron chi connectivity index (χ3n) is 4.50. The molecule has 4 rings (SSSR count). The van der Waals surface area contributed by atoms with Crippen molar-refractivity contribution < 1.29 is 0 Å². The Hall–Kier alpha value is -1.65. The first-order valence-corrected chi connectivity index (χ1v) is 8.43. The summed E-state index contributed by atoms with van der Waals surface area (Å²) in [5.74, 6) is 0. The van der Waals surface area contributed by atoms with E-state index < -0.39 is 0 Å². The molecule has 21 heavy (non-hydrogen) atoms. The third kappa shape index (κ3) is 2.01. The van der Waals surface area contributed by atoms with Gasteiger partial charge in [-0.3, -0.25) is 4.40 Å². The summed E-state index contributed by atoms with van der Waals surface area (Å²) in [5, 5.41) is 2.20. The fraction of sp³-hybridized carbons (Fsp3) is 0.353. The van der Waals surface area contributed by atoms with Crippen molar-refractivity contribution in [3.63, 3.8) is 0 Å². The largest absolute Gasteiger partial charge is 0.325 e. The second-order valence-corrected chi connectivity index (χ2v) is 6.61. The van der Waals surface area contributed by atoms with E-state index in [0.717, 1.165) is 16.3 Å². The number of thiazole rings is 1. The lowest BCUT2D eigenvalue weighted by atomic mass is 9.90. The minimum atomic E-state index is 0.529. The summed E-state index contributed by atoms with van der Waals surface area (Å²) < 4.78 is 2.23. The topological polar surface area (TPSA) is 43.3 Å². The van der Waals surface area contributed by atoms with Crippen LogP contribution in [0.1, 0.15) is 35.4 Å². The van der Waals surface area contributed by atoms with Crippen LogP contribution in [0.15, 0.2) is 23.6 Å². The Morgan fingerprint density at radius 2 is 2.05 bits per heavy atom. The van der Waals surface area contributed by atoms with Gasteiger partial charge in [0.2, 0.25) is 0 Å². The number of nitrogens with two attached hydrogens (primary N) is 1. The van der Waals surface area contributed by atoms with Gasteiger partial charge in [-0.2, -0.15) is 0 Å². The molecule has 4 heteroatoms. The minimum Gasteiger partial charge on any atom is -0.325 e. The summed E-state index contributed by atoms with van der Waals surface area (Å²) in [6.45, 7) is 2.57. The monoisotopic (exact) mass is 297 g/mol.